The van der Waals surface area contributed by atoms with Gasteiger partial charge >= 0.3 is 0 Å². The lowest BCUT2D eigenvalue weighted by atomic mass is 9.78. The van der Waals surface area contributed by atoms with Gasteiger partial charge in [0.05, 0.1) is 5.41 Å². The third-order valence-electron chi connectivity index (χ3n) is 6.31. The van der Waals surface area contributed by atoms with Crippen molar-refractivity contribution in [2.75, 3.05) is 32.7 Å². The van der Waals surface area contributed by atoms with Crippen LogP contribution >= 0.6 is 0 Å². The molecule has 3 fully saturated rings. The van der Waals surface area contributed by atoms with Crippen LogP contribution in [0.2, 0.25) is 0 Å². The lowest BCUT2D eigenvalue weighted by Crippen LogP contribution is -2.59. The van der Waals surface area contributed by atoms with Crippen LogP contribution in [0.5, 0.6) is 0 Å². The van der Waals surface area contributed by atoms with Gasteiger partial charge in [0.15, 0.2) is 0 Å². The van der Waals surface area contributed by atoms with Gasteiger partial charge < -0.3 is 10.6 Å². The van der Waals surface area contributed by atoms with Crippen molar-refractivity contribution in [2.24, 2.45) is 5.41 Å². The van der Waals surface area contributed by atoms with Gasteiger partial charge in [-0.15, -0.1) is 0 Å². The van der Waals surface area contributed by atoms with Crippen molar-refractivity contribution < 1.29 is 4.79 Å². The number of amides is 1. The van der Waals surface area contributed by atoms with Crippen molar-refractivity contribution >= 4 is 5.91 Å². The summed E-state index contributed by atoms with van der Waals surface area (Å²) in [4.78, 5) is 15.4. The number of hydrogen-bond acceptors (Lipinski definition) is 3. The van der Waals surface area contributed by atoms with E-state index in [1.807, 2.05) is 0 Å². The summed E-state index contributed by atoms with van der Waals surface area (Å²) in [5, 5.41) is 6.69. The fraction of sp³-hybridized carbons (Fsp3) is 0.944. The molecule has 126 valence electrons. The normalized spacial score (nSPS) is 32.8. The first kappa shape index (κ1) is 16.3. The number of nitrogens with zero attached hydrogens (tertiary/aromatic N) is 1. The van der Waals surface area contributed by atoms with Gasteiger partial charge in [-0.2, -0.15) is 0 Å². The van der Waals surface area contributed by atoms with Gasteiger partial charge in [-0.3, -0.25) is 9.69 Å². The van der Waals surface area contributed by atoms with E-state index in [9.17, 15) is 4.79 Å². The topological polar surface area (TPSA) is 44.4 Å². The number of likely N-dealkylation sites (tertiary alicyclic amines) is 1. The molecular formula is C18H33N3O. The molecule has 0 aromatic rings. The summed E-state index contributed by atoms with van der Waals surface area (Å²) in [6.45, 7) is 7.23. The molecule has 4 heteroatoms. The van der Waals surface area contributed by atoms with Gasteiger partial charge in [0, 0.05) is 18.6 Å². The second kappa shape index (κ2) is 6.88. The van der Waals surface area contributed by atoms with Crippen LogP contribution in [0.15, 0.2) is 0 Å². The zero-order chi connectivity index (χ0) is 15.5. The third-order valence-corrected chi connectivity index (χ3v) is 6.31. The fourth-order valence-electron chi connectivity index (χ4n) is 4.65. The molecule has 3 aliphatic rings. The number of carbonyl (C=O) groups is 1. The molecule has 1 saturated carbocycles. The van der Waals surface area contributed by atoms with Crippen molar-refractivity contribution in [2.45, 2.75) is 70.3 Å². The van der Waals surface area contributed by atoms with Gasteiger partial charge in [-0.1, -0.05) is 25.7 Å². The Balaban J connectivity index is 1.63. The van der Waals surface area contributed by atoms with Crippen molar-refractivity contribution in [1.82, 2.24) is 15.5 Å². The van der Waals surface area contributed by atoms with Crippen LogP contribution in [0.1, 0.15) is 64.7 Å². The highest BCUT2D eigenvalue weighted by molar-refractivity contribution is 5.82. The Bertz CT molecular complexity index is 378. The summed E-state index contributed by atoms with van der Waals surface area (Å²) in [5.41, 5.74) is 0.0501. The predicted octanol–water partition coefficient (Wildman–Crippen LogP) is 2.29. The molecule has 0 aromatic carbocycles. The van der Waals surface area contributed by atoms with Crippen molar-refractivity contribution in [1.29, 1.82) is 0 Å². The minimum atomic E-state index is -0.197. The Morgan fingerprint density at radius 3 is 2.36 bits per heavy atom. The molecule has 1 atom stereocenters. The zero-order valence-electron chi connectivity index (χ0n) is 14.3. The number of rotatable bonds is 4. The molecule has 3 rings (SSSR count). The smallest absolute Gasteiger partial charge is 0.227 e. The summed E-state index contributed by atoms with van der Waals surface area (Å²) in [6, 6.07) is 0. The first-order valence-corrected chi connectivity index (χ1v) is 9.39. The average Bonchev–Trinajstić information content (AvgIpc) is 3.02. The lowest BCUT2D eigenvalue weighted by Gasteiger charge is -2.48. The van der Waals surface area contributed by atoms with E-state index in [4.69, 9.17) is 0 Å². The highest BCUT2D eigenvalue weighted by atomic mass is 16.2. The first-order chi connectivity index (χ1) is 10.6. The van der Waals surface area contributed by atoms with Gasteiger partial charge in [0.1, 0.15) is 0 Å². The SMILES string of the molecule is CC1(C(=O)NCC2(N3CCCCC3)CCCCC2)CCNC1. The molecule has 2 saturated heterocycles. The highest BCUT2D eigenvalue weighted by Crippen LogP contribution is 2.35. The van der Waals surface area contributed by atoms with E-state index in [2.05, 4.69) is 22.5 Å². The molecular weight excluding hydrogens is 274 g/mol. The van der Waals surface area contributed by atoms with Crippen molar-refractivity contribution in [3.05, 3.63) is 0 Å². The molecule has 0 aromatic heterocycles. The molecule has 2 heterocycles. The van der Waals surface area contributed by atoms with Crippen LogP contribution in [0, 0.1) is 5.41 Å². The molecule has 0 bridgehead atoms. The number of carbonyl (C=O) groups excluding carboxylic acids is 1. The molecule has 1 unspecified atom stereocenters. The Kier molecular flexibility index (Phi) is 5.08. The molecule has 22 heavy (non-hydrogen) atoms. The molecule has 1 aliphatic carbocycles. The number of nitrogens with one attached hydrogen (secondary N) is 2. The maximum Gasteiger partial charge on any atom is 0.227 e. The summed E-state index contributed by atoms with van der Waals surface area (Å²) >= 11 is 0. The van der Waals surface area contributed by atoms with E-state index in [0.29, 0.717) is 0 Å². The quantitative estimate of drug-likeness (QED) is 0.837. The summed E-state index contributed by atoms with van der Waals surface area (Å²) < 4.78 is 0. The first-order valence-electron chi connectivity index (χ1n) is 9.39. The Morgan fingerprint density at radius 1 is 1.05 bits per heavy atom. The molecule has 0 spiro atoms. The van der Waals surface area contributed by atoms with Crippen LogP contribution in [0.3, 0.4) is 0 Å². The van der Waals surface area contributed by atoms with E-state index >= 15 is 0 Å². The van der Waals surface area contributed by atoms with Crippen LogP contribution in [-0.2, 0) is 4.79 Å². The van der Waals surface area contributed by atoms with Crippen LogP contribution < -0.4 is 10.6 Å². The molecule has 0 radical (unpaired) electrons. The number of hydrogen-bond donors (Lipinski definition) is 2. The second-order valence-electron chi connectivity index (χ2n) is 8.00. The van der Waals surface area contributed by atoms with E-state index in [1.54, 1.807) is 0 Å². The Hall–Kier alpha value is -0.610. The van der Waals surface area contributed by atoms with Crippen molar-refractivity contribution in [3.8, 4) is 0 Å². The largest absolute Gasteiger partial charge is 0.354 e. The van der Waals surface area contributed by atoms with Gasteiger partial charge in [0.25, 0.3) is 0 Å². The van der Waals surface area contributed by atoms with Crippen LogP contribution in [-0.4, -0.2) is 49.1 Å². The van der Waals surface area contributed by atoms with Gasteiger partial charge in [-0.25, -0.2) is 0 Å². The van der Waals surface area contributed by atoms with E-state index in [0.717, 1.165) is 26.1 Å². The Labute approximate surface area is 135 Å². The van der Waals surface area contributed by atoms with E-state index in [-0.39, 0.29) is 16.9 Å². The molecule has 2 N–H and O–H groups in total. The van der Waals surface area contributed by atoms with Crippen LogP contribution in [0.25, 0.3) is 0 Å². The van der Waals surface area contributed by atoms with Crippen LogP contribution in [0.4, 0.5) is 0 Å². The minimum Gasteiger partial charge on any atom is -0.354 e. The molecule has 4 nitrogen and oxygen atoms in total. The average molecular weight is 307 g/mol. The maximum absolute atomic E-state index is 12.7. The van der Waals surface area contributed by atoms with Gasteiger partial charge in [-0.05, 0) is 58.7 Å². The summed E-state index contributed by atoms with van der Waals surface area (Å²) in [5.74, 6) is 0.263. The second-order valence-corrected chi connectivity index (χ2v) is 8.00. The Morgan fingerprint density at radius 2 is 1.73 bits per heavy atom. The maximum atomic E-state index is 12.7. The molecule has 1 amide bonds. The minimum absolute atomic E-state index is 0.197. The molecule has 2 aliphatic heterocycles. The van der Waals surface area contributed by atoms with E-state index in [1.165, 1.54) is 64.5 Å². The monoisotopic (exact) mass is 307 g/mol. The summed E-state index contributed by atoms with van der Waals surface area (Å²) in [7, 11) is 0. The third kappa shape index (κ3) is 3.33. The zero-order valence-corrected chi connectivity index (χ0v) is 14.3. The fourth-order valence-corrected chi connectivity index (χ4v) is 4.65. The van der Waals surface area contributed by atoms with E-state index < -0.39 is 0 Å². The lowest BCUT2D eigenvalue weighted by molar-refractivity contribution is -0.130. The van der Waals surface area contributed by atoms with Gasteiger partial charge in [0.2, 0.25) is 5.91 Å². The standard InChI is InChI=1S/C18H33N3O/c1-17(10-11-19-14-17)16(22)20-15-18(8-4-2-5-9-18)21-12-6-3-7-13-21/h19H,2-15H2,1H3,(H,20,22). The summed E-state index contributed by atoms with van der Waals surface area (Å²) in [6.07, 6.45) is 11.6. The highest BCUT2D eigenvalue weighted by Gasteiger charge is 2.41. The van der Waals surface area contributed by atoms with Crippen molar-refractivity contribution in [3.63, 3.8) is 0 Å². The number of piperidine rings is 1. The predicted molar refractivity (Wildman–Crippen MR) is 89.8 cm³/mol.